The van der Waals surface area contributed by atoms with Crippen molar-refractivity contribution in [2.24, 2.45) is 0 Å². The van der Waals surface area contributed by atoms with Gasteiger partial charge in [0.25, 0.3) is 0 Å². The molecule has 0 spiro atoms. The standard InChI is InChI=1S/C26H37N7O/c1-5-8-24(34)31-20-10-7-9-18(13-20)15-27-23-14-22(30-21-11-12-26(3,4)28-17-21)32-25-19(6-2)16-29-33(23)25/h7,9-10,13-14,16,21,27-28H,5-6,8,11-12,15,17H2,1-4H3,(H,30,32)(H,31,34). The highest BCUT2D eigenvalue weighted by molar-refractivity contribution is 5.90. The maximum atomic E-state index is 12.0. The molecule has 1 amide bonds. The highest BCUT2D eigenvalue weighted by Gasteiger charge is 2.26. The van der Waals surface area contributed by atoms with Crippen molar-refractivity contribution < 1.29 is 4.79 Å². The lowest BCUT2D eigenvalue weighted by Gasteiger charge is -2.36. The van der Waals surface area contributed by atoms with Gasteiger partial charge in [0.2, 0.25) is 5.91 Å². The van der Waals surface area contributed by atoms with E-state index in [1.165, 1.54) is 0 Å². The zero-order chi connectivity index (χ0) is 24.1. The van der Waals surface area contributed by atoms with Crippen molar-refractivity contribution in [1.29, 1.82) is 0 Å². The first kappa shape index (κ1) is 24.0. The Balaban J connectivity index is 1.51. The lowest BCUT2D eigenvalue weighted by molar-refractivity contribution is -0.116. The SMILES string of the molecule is CCCC(=O)Nc1cccc(CNc2cc(NC3CCC(C)(C)NC3)nc3c(CC)cnn23)c1. The highest BCUT2D eigenvalue weighted by Crippen LogP contribution is 2.24. The zero-order valence-electron chi connectivity index (χ0n) is 20.7. The summed E-state index contributed by atoms with van der Waals surface area (Å²) >= 11 is 0. The second-order valence-electron chi connectivity index (χ2n) is 9.78. The number of hydrogen-bond donors (Lipinski definition) is 4. The van der Waals surface area contributed by atoms with Gasteiger partial charge in [-0.2, -0.15) is 9.61 Å². The predicted octanol–water partition coefficient (Wildman–Crippen LogP) is 4.58. The fraction of sp³-hybridized carbons (Fsp3) is 0.500. The first-order valence-electron chi connectivity index (χ1n) is 12.4. The largest absolute Gasteiger partial charge is 0.366 e. The van der Waals surface area contributed by atoms with Crippen LogP contribution in [0.5, 0.6) is 0 Å². The molecule has 1 atom stereocenters. The topological polar surface area (TPSA) is 95.4 Å². The monoisotopic (exact) mass is 463 g/mol. The van der Waals surface area contributed by atoms with Crippen molar-refractivity contribution in [1.82, 2.24) is 19.9 Å². The van der Waals surface area contributed by atoms with E-state index in [9.17, 15) is 4.79 Å². The van der Waals surface area contributed by atoms with E-state index in [0.29, 0.717) is 19.0 Å². The predicted molar refractivity (Wildman–Crippen MR) is 138 cm³/mol. The second-order valence-corrected chi connectivity index (χ2v) is 9.78. The number of benzene rings is 1. The van der Waals surface area contributed by atoms with Gasteiger partial charge in [0.1, 0.15) is 11.6 Å². The van der Waals surface area contributed by atoms with E-state index >= 15 is 0 Å². The fourth-order valence-corrected chi connectivity index (χ4v) is 4.32. The van der Waals surface area contributed by atoms with Gasteiger partial charge in [0.05, 0.1) is 6.20 Å². The Hall–Kier alpha value is -3.13. The van der Waals surface area contributed by atoms with Gasteiger partial charge in [-0.3, -0.25) is 4.79 Å². The number of nitrogens with zero attached hydrogens (tertiary/aromatic N) is 3. The van der Waals surface area contributed by atoms with Gasteiger partial charge in [0, 0.05) is 48.4 Å². The van der Waals surface area contributed by atoms with Crippen LogP contribution in [-0.2, 0) is 17.8 Å². The minimum Gasteiger partial charge on any atom is -0.366 e. The number of hydrogen-bond acceptors (Lipinski definition) is 6. The average molecular weight is 464 g/mol. The van der Waals surface area contributed by atoms with E-state index in [4.69, 9.17) is 4.98 Å². The van der Waals surface area contributed by atoms with Crippen LogP contribution in [0.4, 0.5) is 17.3 Å². The van der Waals surface area contributed by atoms with Crippen LogP contribution < -0.4 is 21.3 Å². The molecule has 4 N–H and O–H groups in total. The number of anilines is 3. The second kappa shape index (κ2) is 10.4. The molecule has 4 rings (SSSR count). The Bertz CT molecular complexity index is 1130. The number of nitrogens with one attached hydrogen (secondary N) is 4. The highest BCUT2D eigenvalue weighted by atomic mass is 16.1. The molecule has 2 aromatic heterocycles. The Kier molecular flexibility index (Phi) is 7.36. The Morgan fingerprint density at radius 1 is 1.26 bits per heavy atom. The van der Waals surface area contributed by atoms with Crippen LogP contribution in [0.25, 0.3) is 5.65 Å². The number of fused-ring (bicyclic) bond motifs is 1. The number of piperidine rings is 1. The molecule has 3 aromatic rings. The smallest absolute Gasteiger partial charge is 0.224 e. The molecular weight excluding hydrogens is 426 g/mol. The minimum atomic E-state index is 0.0448. The molecule has 8 heteroatoms. The van der Waals surface area contributed by atoms with E-state index in [1.54, 1.807) is 0 Å². The van der Waals surface area contributed by atoms with E-state index in [-0.39, 0.29) is 11.4 Å². The van der Waals surface area contributed by atoms with Gasteiger partial charge in [-0.05, 0) is 57.2 Å². The van der Waals surface area contributed by atoms with Crippen LogP contribution in [0.3, 0.4) is 0 Å². The third-order valence-electron chi connectivity index (χ3n) is 6.38. The lowest BCUT2D eigenvalue weighted by Crippen LogP contribution is -2.50. The molecule has 0 radical (unpaired) electrons. The summed E-state index contributed by atoms with van der Waals surface area (Å²) in [6.45, 7) is 10.1. The van der Waals surface area contributed by atoms with Crippen LogP contribution in [0.2, 0.25) is 0 Å². The van der Waals surface area contributed by atoms with E-state index < -0.39 is 0 Å². The summed E-state index contributed by atoms with van der Waals surface area (Å²) in [7, 11) is 0. The number of amides is 1. The molecule has 0 saturated carbocycles. The molecule has 0 bridgehead atoms. The van der Waals surface area contributed by atoms with Gasteiger partial charge < -0.3 is 21.3 Å². The number of carbonyl (C=O) groups excluding carboxylic acids is 1. The van der Waals surface area contributed by atoms with Crippen LogP contribution in [0.15, 0.2) is 36.5 Å². The van der Waals surface area contributed by atoms with E-state index in [1.807, 2.05) is 41.9 Å². The average Bonchev–Trinajstić information content (AvgIpc) is 3.22. The molecule has 8 nitrogen and oxygen atoms in total. The summed E-state index contributed by atoms with van der Waals surface area (Å²) in [4.78, 5) is 16.9. The lowest BCUT2D eigenvalue weighted by atomic mass is 9.91. The van der Waals surface area contributed by atoms with Gasteiger partial charge in [-0.15, -0.1) is 0 Å². The van der Waals surface area contributed by atoms with Crippen LogP contribution >= 0.6 is 0 Å². The Morgan fingerprint density at radius 2 is 2.12 bits per heavy atom. The van der Waals surface area contributed by atoms with Crippen molar-refractivity contribution in [3.63, 3.8) is 0 Å². The summed E-state index contributed by atoms with van der Waals surface area (Å²) in [6, 6.07) is 10.3. The molecule has 3 heterocycles. The molecule has 1 unspecified atom stereocenters. The van der Waals surface area contributed by atoms with Crippen molar-refractivity contribution in [3.8, 4) is 0 Å². The first-order valence-corrected chi connectivity index (χ1v) is 12.4. The third-order valence-corrected chi connectivity index (χ3v) is 6.38. The number of aromatic nitrogens is 3. The zero-order valence-corrected chi connectivity index (χ0v) is 20.7. The van der Waals surface area contributed by atoms with Crippen molar-refractivity contribution in [3.05, 3.63) is 47.7 Å². The molecule has 1 aliphatic rings. The van der Waals surface area contributed by atoms with Crippen molar-refractivity contribution in [2.45, 2.75) is 77.9 Å². The molecule has 182 valence electrons. The molecule has 0 aliphatic carbocycles. The maximum absolute atomic E-state index is 12.0. The minimum absolute atomic E-state index is 0.0448. The first-order chi connectivity index (χ1) is 16.4. The summed E-state index contributed by atoms with van der Waals surface area (Å²) in [5.74, 6) is 1.79. The van der Waals surface area contributed by atoms with Crippen molar-refractivity contribution in [2.75, 3.05) is 22.5 Å². The van der Waals surface area contributed by atoms with E-state index in [2.05, 4.69) is 53.2 Å². The van der Waals surface area contributed by atoms with Crippen molar-refractivity contribution >= 4 is 28.9 Å². The maximum Gasteiger partial charge on any atom is 0.224 e. The van der Waals surface area contributed by atoms with Crippen LogP contribution in [0, 0.1) is 0 Å². The molecule has 1 fully saturated rings. The van der Waals surface area contributed by atoms with Gasteiger partial charge in [-0.25, -0.2) is 4.98 Å². The molecule has 1 aliphatic heterocycles. The summed E-state index contributed by atoms with van der Waals surface area (Å²) in [6.07, 6.45) is 6.35. The fourth-order valence-electron chi connectivity index (χ4n) is 4.32. The van der Waals surface area contributed by atoms with E-state index in [0.717, 1.165) is 66.3 Å². The summed E-state index contributed by atoms with van der Waals surface area (Å²) in [5.41, 5.74) is 4.08. The molecule has 1 saturated heterocycles. The summed E-state index contributed by atoms with van der Waals surface area (Å²) in [5, 5.41) is 18.3. The third kappa shape index (κ3) is 5.86. The number of carbonyl (C=O) groups is 1. The molecule has 1 aromatic carbocycles. The molecular formula is C26H37N7O. The Morgan fingerprint density at radius 3 is 2.85 bits per heavy atom. The van der Waals surface area contributed by atoms with Gasteiger partial charge in [0.15, 0.2) is 5.65 Å². The van der Waals surface area contributed by atoms with Gasteiger partial charge >= 0.3 is 0 Å². The summed E-state index contributed by atoms with van der Waals surface area (Å²) < 4.78 is 1.87. The molecule has 34 heavy (non-hydrogen) atoms. The Labute approximate surface area is 201 Å². The number of rotatable bonds is 9. The quantitative estimate of drug-likeness (QED) is 0.371. The van der Waals surface area contributed by atoms with Crippen LogP contribution in [-0.4, -0.2) is 38.6 Å². The van der Waals surface area contributed by atoms with Crippen LogP contribution in [0.1, 0.15) is 64.5 Å². The normalized spacial score (nSPS) is 17.5. The number of aryl methyl sites for hydroxylation is 1. The van der Waals surface area contributed by atoms with Gasteiger partial charge in [-0.1, -0.05) is 26.0 Å².